The summed E-state index contributed by atoms with van der Waals surface area (Å²) >= 11 is 1.81. The molecule has 0 aromatic carbocycles. The maximum atomic E-state index is 4.58. The zero-order valence-corrected chi connectivity index (χ0v) is 10.8. The normalized spacial score (nSPS) is 28.1. The van der Waals surface area contributed by atoms with Gasteiger partial charge in [0.15, 0.2) is 5.17 Å². The molecule has 1 aliphatic heterocycles. The lowest BCUT2D eigenvalue weighted by atomic mass is 10.1. The van der Waals surface area contributed by atoms with E-state index in [1.54, 1.807) is 0 Å². The van der Waals surface area contributed by atoms with Crippen LogP contribution in [0.4, 0.5) is 0 Å². The van der Waals surface area contributed by atoms with Crippen molar-refractivity contribution in [2.24, 2.45) is 18.0 Å². The number of thioether (sulfide) groups is 1. The largest absolute Gasteiger partial charge is 0.362 e. The van der Waals surface area contributed by atoms with Crippen LogP contribution < -0.4 is 5.32 Å². The lowest BCUT2D eigenvalue weighted by Crippen LogP contribution is -2.41. The molecular weight excluding hydrogens is 220 g/mol. The van der Waals surface area contributed by atoms with Gasteiger partial charge in [0, 0.05) is 25.0 Å². The molecule has 1 aromatic heterocycles. The molecule has 2 rings (SSSR count). The smallest absolute Gasteiger partial charge is 0.157 e. The number of amidine groups is 1. The van der Waals surface area contributed by atoms with Gasteiger partial charge in [-0.05, 0) is 18.9 Å². The molecule has 1 fully saturated rings. The van der Waals surface area contributed by atoms with Gasteiger partial charge in [0.1, 0.15) is 0 Å². The average molecular weight is 238 g/mol. The fourth-order valence-electron chi connectivity index (χ4n) is 1.53. The van der Waals surface area contributed by atoms with Crippen LogP contribution in [0.1, 0.15) is 19.5 Å². The Bertz CT molecular complexity index is 385. The summed E-state index contributed by atoms with van der Waals surface area (Å²) in [5.41, 5.74) is 1.14. The predicted molar refractivity (Wildman–Crippen MR) is 68.6 cm³/mol. The van der Waals surface area contributed by atoms with Crippen molar-refractivity contribution in [2.45, 2.75) is 26.4 Å². The van der Waals surface area contributed by atoms with E-state index >= 15 is 0 Å². The van der Waals surface area contributed by atoms with Gasteiger partial charge in [-0.2, -0.15) is 5.10 Å². The molecule has 88 valence electrons. The third-order valence-corrected chi connectivity index (χ3v) is 4.21. The third-order valence-electron chi connectivity index (χ3n) is 2.99. The summed E-state index contributed by atoms with van der Waals surface area (Å²) < 4.78 is 1.86. The minimum Gasteiger partial charge on any atom is -0.362 e. The molecule has 2 heterocycles. The lowest BCUT2D eigenvalue weighted by molar-refractivity contribution is 0.489. The molecule has 0 saturated carbocycles. The van der Waals surface area contributed by atoms with Gasteiger partial charge in [0.05, 0.1) is 12.2 Å². The number of hydrogen-bond donors (Lipinski definition) is 1. The maximum absolute atomic E-state index is 4.58. The van der Waals surface area contributed by atoms with E-state index in [1.165, 1.54) is 0 Å². The molecule has 5 heteroatoms. The highest BCUT2D eigenvalue weighted by Gasteiger charge is 2.20. The van der Waals surface area contributed by atoms with Crippen molar-refractivity contribution in [3.63, 3.8) is 0 Å². The second kappa shape index (κ2) is 4.91. The second-order valence-corrected chi connectivity index (χ2v) is 5.30. The molecule has 4 nitrogen and oxygen atoms in total. The topological polar surface area (TPSA) is 42.2 Å². The molecule has 0 bridgehead atoms. The summed E-state index contributed by atoms with van der Waals surface area (Å²) in [4.78, 5) is 4.58. The first-order chi connectivity index (χ1) is 7.66. The SMILES string of the molecule is CC1CSC(=NCc2ccnn2C)NC1C. The molecule has 1 N–H and O–H groups in total. The number of aliphatic imine (C=N–C) groups is 1. The molecule has 0 aliphatic carbocycles. The van der Waals surface area contributed by atoms with Crippen molar-refractivity contribution in [3.05, 3.63) is 18.0 Å². The van der Waals surface area contributed by atoms with E-state index in [0.717, 1.165) is 16.6 Å². The molecule has 2 unspecified atom stereocenters. The highest BCUT2D eigenvalue weighted by molar-refractivity contribution is 8.13. The van der Waals surface area contributed by atoms with Crippen LogP contribution in [0.25, 0.3) is 0 Å². The van der Waals surface area contributed by atoms with Gasteiger partial charge < -0.3 is 5.32 Å². The van der Waals surface area contributed by atoms with Crippen LogP contribution in [0.2, 0.25) is 0 Å². The third kappa shape index (κ3) is 2.58. The van der Waals surface area contributed by atoms with E-state index in [1.807, 2.05) is 35.8 Å². The quantitative estimate of drug-likeness (QED) is 0.851. The zero-order chi connectivity index (χ0) is 11.5. The Labute approximate surface area is 101 Å². The van der Waals surface area contributed by atoms with E-state index < -0.39 is 0 Å². The van der Waals surface area contributed by atoms with Crippen molar-refractivity contribution in [1.82, 2.24) is 15.1 Å². The Hall–Kier alpha value is -0.970. The number of hydrogen-bond acceptors (Lipinski definition) is 3. The summed E-state index contributed by atoms with van der Waals surface area (Å²) in [5.74, 6) is 1.86. The Morgan fingerprint density at radius 3 is 3.06 bits per heavy atom. The summed E-state index contributed by atoms with van der Waals surface area (Å²) in [6, 6.07) is 2.52. The summed E-state index contributed by atoms with van der Waals surface area (Å²) in [6.07, 6.45) is 1.81. The highest BCUT2D eigenvalue weighted by atomic mass is 32.2. The molecule has 1 saturated heterocycles. The second-order valence-electron chi connectivity index (χ2n) is 4.29. The molecule has 0 radical (unpaired) electrons. The number of rotatable bonds is 2. The van der Waals surface area contributed by atoms with Gasteiger partial charge in [-0.1, -0.05) is 18.7 Å². The van der Waals surface area contributed by atoms with Crippen molar-refractivity contribution in [2.75, 3.05) is 5.75 Å². The molecule has 0 spiro atoms. The fourth-order valence-corrected chi connectivity index (χ4v) is 2.67. The maximum Gasteiger partial charge on any atom is 0.157 e. The Morgan fingerprint density at radius 1 is 1.62 bits per heavy atom. The molecular formula is C11H18N4S. The van der Waals surface area contributed by atoms with Crippen molar-refractivity contribution < 1.29 is 0 Å². The number of aryl methyl sites for hydroxylation is 1. The van der Waals surface area contributed by atoms with Gasteiger partial charge >= 0.3 is 0 Å². The minimum absolute atomic E-state index is 0.520. The fraction of sp³-hybridized carbons (Fsp3) is 0.636. The van der Waals surface area contributed by atoms with E-state index in [-0.39, 0.29) is 0 Å². The predicted octanol–water partition coefficient (Wildman–Crippen LogP) is 1.64. The zero-order valence-electron chi connectivity index (χ0n) is 9.97. The Balaban J connectivity index is 1.96. The van der Waals surface area contributed by atoms with E-state index in [9.17, 15) is 0 Å². The van der Waals surface area contributed by atoms with Crippen molar-refractivity contribution in [3.8, 4) is 0 Å². The van der Waals surface area contributed by atoms with Crippen LogP contribution in [-0.2, 0) is 13.6 Å². The first kappa shape index (κ1) is 11.5. The lowest BCUT2D eigenvalue weighted by Gasteiger charge is -2.28. The van der Waals surface area contributed by atoms with Gasteiger partial charge in [0.2, 0.25) is 0 Å². The van der Waals surface area contributed by atoms with Crippen LogP contribution in [0.3, 0.4) is 0 Å². The van der Waals surface area contributed by atoms with Crippen LogP contribution in [-0.4, -0.2) is 26.7 Å². The standard InChI is InChI=1S/C11H18N4S/c1-8-7-16-11(14-9(8)2)12-6-10-4-5-13-15(10)3/h4-5,8-9H,6-7H2,1-3H3,(H,12,14). The molecule has 1 aliphatic rings. The van der Waals surface area contributed by atoms with Gasteiger partial charge in [0.25, 0.3) is 0 Å². The van der Waals surface area contributed by atoms with Crippen molar-refractivity contribution in [1.29, 1.82) is 0 Å². The number of nitrogens with one attached hydrogen (secondary N) is 1. The van der Waals surface area contributed by atoms with E-state index in [4.69, 9.17) is 0 Å². The number of aromatic nitrogens is 2. The van der Waals surface area contributed by atoms with Gasteiger partial charge in [-0.15, -0.1) is 0 Å². The van der Waals surface area contributed by atoms with E-state index in [2.05, 4.69) is 29.3 Å². The Morgan fingerprint density at radius 2 is 2.44 bits per heavy atom. The first-order valence-corrected chi connectivity index (χ1v) is 6.56. The van der Waals surface area contributed by atoms with E-state index in [0.29, 0.717) is 18.5 Å². The number of nitrogens with zero attached hydrogens (tertiary/aromatic N) is 3. The van der Waals surface area contributed by atoms with Gasteiger partial charge in [-0.3, -0.25) is 9.67 Å². The molecule has 0 amide bonds. The summed E-state index contributed by atoms with van der Waals surface area (Å²) in [5, 5.41) is 8.62. The van der Waals surface area contributed by atoms with Crippen LogP contribution in [0.15, 0.2) is 17.3 Å². The summed E-state index contributed by atoms with van der Waals surface area (Å²) in [6.45, 7) is 5.18. The average Bonchev–Trinajstić information content (AvgIpc) is 2.66. The molecule has 1 aromatic rings. The van der Waals surface area contributed by atoms with Crippen LogP contribution in [0, 0.1) is 5.92 Å². The monoisotopic (exact) mass is 238 g/mol. The van der Waals surface area contributed by atoms with Gasteiger partial charge in [-0.25, -0.2) is 0 Å². The van der Waals surface area contributed by atoms with Crippen molar-refractivity contribution >= 4 is 16.9 Å². The molecule has 2 atom stereocenters. The van der Waals surface area contributed by atoms with Crippen LogP contribution >= 0.6 is 11.8 Å². The summed E-state index contributed by atoms with van der Waals surface area (Å²) in [7, 11) is 1.95. The van der Waals surface area contributed by atoms with Crippen LogP contribution in [0.5, 0.6) is 0 Å². The molecule has 16 heavy (non-hydrogen) atoms. The highest BCUT2D eigenvalue weighted by Crippen LogP contribution is 2.19. The minimum atomic E-state index is 0.520. The Kier molecular flexibility index (Phi) is 3.53. The first-order valence-electron chi connectivity index (χ1n) is 5.57.